The third-order valence-corrected chi connectivity index (χ3v) is 1.78. The van der Waals surface area contributed by atoms with Crippen LogP contribution in [0.25, 0.3) is 0 Å². The first-order valence-corrected chi connectivity index (χ1v) is 3.03. The molecule has 1 aliphatic carbocycles. The lowest BCUT2D eigenvalue weighted by atomic mass is 10.4. The molecule has 1 aliphatic rings. The van der Waals surface area contributed by atoms with Crippen LogP contribution in [0.15, 0.2) is 0 Å². The van der Waals surface area contributed by atoms with Gasteiger partial charge in [0.1, 0.15) is 0 Å². The van der Waals surface area contributed by atoms with Crippen molar-refractivity contribution in [3.8, 4) is 0 Å². The molecule has 0 bridgehead atoms. The molecule has 0 aliphatic heterocycles. The van der Waals surface area contributed by atoms with Gasteiger partial charge in [-0.25, -0.2) is 0 Å². The van der Waals surface area contributed by atoms with Gasteiger partial charge in [0.05, 0.1) is 0 Å². The molecule has 0 aromatic rings. The Balaban J connectivity index is 0.000000640. The van der Waals surface area contributed by atoms with Gasteiger partial charge in [-0.05, 0) is 26.4 Å². The van der Waals surface area contributed by atoms with E-state index in [1.807, 2.05) is 0 Å². The van der Waals surface area contributed by atoms with Gasteiger partial charge in [-0.2, -0.15) is 0 Å². The zero-order chi connectivity index (χ0) is 6.15. The molecule has 2 atom stereocenters. The Morgan fingerprint density at radius 2 is 2.11 bits per heavy atom. The highest BCUT2D eigenvalue weighted by Gasteiger charge is 2.37. The van der Waals surface area contributed by atoms with E-state index in [2.05, 4.69) is 19.0 Å². The first-order valence-electron chi connectivity index (χ1n) is 3.03. The average molecular weight is 152 g/mol. The number of rotatable bonds is 2. The maximum absolute atomic E-state index is 8.60. The van der Waals surface area contributed by atoms with Gasteiger partial charge < -0.3 is 10.0 Å². The molecule has 0 heterocycles. The SMILES string of the molecule is CN(C)[C@@H]1C[C@H]1CO.Cl. The van der Waals surface area contributed by atoms with Crippen LogP contribution in [0, 0.1) is 5.92 Å². The first-order chi connectivity index (χ1) is 3.75. The lowest BCUT2D eigenvalue weighted by molar-refractivity contribution is 0.253. The Kier molecular flexibility index (Phi) is 3.48. The Hall–Kier alpha value is 0.210. The summed E-state index contributed by atoms with van der Waals surface area (Å²) in [5, 5.41) is 8.60. The minimum atomic E-state index is 0. The third kappa shape index (κ3) is 2.12. The number of nitrogens with zero attached hydrogens (tertiary/aromatic N) is 1. The zero-order valence-electron chi connectivity index (χ0n) is 5.87. The molecule has 1 saturated carbocycles. The van der Waals surface area contributed by atoms with Crippen LogP contribution in [0.5, 0.6) is 0 Å². The summed E-state index contributed by atoms with van der Waals surface area (Å²) in [6.45, 7) is 0.364. The van der Waals surface area contributed by atoms with Crippen LogP contribution in [-0.2, 0) is 0 Å². The second-order valence-electron chi connectivity index (χ2n) is 2.71. The van der Waals surface area contributed by atoms with Crippen LogP contribution < -0.4 is 0 Å². The second-order valence-corrected chi connectivity index (χ2v) is 2.71. The molecule has 0 aromatic heterocycles. The molecule has 0 amide bonds. The fourth-order valence-electron chi connectivity index (χ4n) is 1.06. The van der Waals surface area contributed by atoms with Crippen molar-refractivity contribution in [3.63, 3.8) is 0 Å². The molecule has 0 saturated heterocycles. The first kappa shape index (κ1) is 9.21. The zero-order valence-corrected chi connectivity index (χ0v) is 6.69. The Bertz CT molecular complexity index is 87.1. The van der Waals surface area contributed by atoms with Gasteiger partial charge >= 0.3 is 0 Å². The van der Waals surface area contributed by atoms with E-state index in [4.69, 9.17) is 5.11 Å². The summed E-state index contributed by atoms with van der Waals surface area (Å²) in [5.41, 5.74) is 0. The smallest absolute Gasteiger partial charge is 0.0474 e. The van der Waals surface area contributed by atoms with E-state index in [0.29, 0.717) is 18.6 Å². The van der Waals surface area contributed by atoms with Gasteiger partial charge in [-0.1, -0.05) is 0 Å². The van der Waals surface area contributed by atoms with Crippen LogP contribution in [0.2, 0.25) is 0 Å². The Morgan fingerprint density at radius 1 is 1.56 bits per heavy atom. The van der Waals surface area contributed by atoms with E-state index in [1.54, 1.807) is 0 Å². The van der Waals surface area contributed by atoms with E-state index >= 15 is 0 Å². The topological polar surface area (TPSA) is 23.5 Å². The van der Waals surface area contributed by atoms with Gasteiger partial charge in [0.15, 0.2) is 0 Å². The third-order valence-electron chi connectivity index (χ3n) is 1.78. The van der Waals surface area contributed by atoms with Crippen LogP contribution >= 0.6 is 12.4 Å². The van der Waals surface area contributed by atoms with Crippen molar-refractivity contribution in [1.29, 1.82) is 0 Å². The molecule has 0 unspecified atom stereocenters. The highest BCUT2D eigenvalue weighted by atomic mass is 35.5. The predicted octanol–water partition coefficient (Wildman–Crippen LogP) is 0.351. The van der Waals surface area contributed by atoms with E-state index < -0.39 is 0 Å². The summed E-state index contributed by atoms with van der Waals surface area (Å²) < 4.78 is 0. The molecule has 0 radical (unpaired) electrons. The van der Waals surface area contributed by atoms with Gasteiger partial charge in [-0.3, -0.25) is 0 Å². The molecule has 9 heavy (non-hydrogen) atoms. The molecule has 56 valence electrons. The standard InChI is InChI=1S/C6H13NO.ClH/c1-7(2)6-3-5(6)4-8;/h5-6,8H,3-4H2,1-2H3;1H/t5-,6+;/m0./s1. The Labute approximate surface area is 62.3 Å². The number of aliphatic hydroxyl groups is 1. The molecule has 0 spiro atoms. The molecule has 1 N–H and O–H groups in total. The molecular formula is C6H14ClNO. The quantitative estimate of drug-likeness (QED) is 0.616. The summed E-state index contributed by atoms with van der Waals surface area (Å²) in [5.74, 6) is 0.574. The summed E-state index contributed by atoms with van der Waals surface area (Å²) in [7, 11) is 4.11. The number of aliphatic hydroxyl groups excluding tert-OH is 1. The number of halogens is 1. The van der Waals surface area contributed by atoms with Crippen molar-refractivity contribution in [2.75, 3.05) is 20.7 Å². The van der Waals surface area contributed by atoms with E-state index in [9.17, 15) is 0 Å². The molecule has 2 nitrogen and oxygen atoms in total. The fourth-order valence-corrected chi connectivity index (χ4v) is 1.06. The number of hydrogen-bond acceptors (Lipinski definition) is 2. The lowest BCUT2D eigenvalue weighted by Crippen LogP contribution is -2.16. The maximum Gasteiger partial charge on any atom is 0.0474 e. The average Bonchev–Trinajstić information content (AvgIpc) is 2.42. The molecule has 1 fully saturated rings. The van der Waals surface area contributed by atoms with Crippen LogP contribution in [-0.4, -0.2) is 36.8 Å². The summed E-state index contributed by atoms with van der Waals surface area (Å²) in [6, 6.07) is 0.667. The largest absolute Gasteiger partial charge is 0.396 e. The molecule has 1 rings (SSSR count). The number of hydrogen-bond donors (Lipinski definition) is 1. The maximum atomic E-state index is 8.60. The normalized spacial score (nSPS) is 32.0. The van der Waals surface area contributed by atoms with Crippen molar-refractivity contribution in [3.05, 3.63) is 0 Å². The lowest BCUT2D eigenvalue weighted by Gasteiger charge is -2.06. The van der Waals surface area contributed by atoms with Crippen LogP contribution in [0.3, 0.4) is 0 Å². The van der Waals surface area contributed by atoms with Crippen molar-refractivity contribution >= 4 is 12.4 Å². The minimum absolute atomic E-state index is 0. The molecule has 0 aromatic carbocycles. The van der Waals surface area contributed by atoms with Crippen molar-refractivity contribution in [2.24, 2.45) is 5.92 Å². The molecular weight excluding hydrogens is 138 g/mol. The highest BCUT2D eigenvalue weighted by molar-refractivity contribution is 5.85. The van der Waals surface area contributed by atoms with E-state index in [1.165, 1.54) is 6.42 Å². The van der Waals surface area contributed by atoms with Gasteiger partial charge in [0, 0.05) is 12.6 Å². The Morgan fingerprint density at radius 3 is 2.22 bits per heavy atom. The minimum Gasteiger partial charge on any atom is -0.396 e. The monoisotopic (exact) mass is 151 g/mol. The van der Waals surface area contributed by atoms with E-state index in [0.717, 1.165) is 0 Å². The van der Waals surface area contributed by atoms with Crippen molar-refractivity contribution in [2.45, 2.75) is 12.5 Å². The van der Waals surface area contributed by atoms with Gasteiger partial charge in [-0.15, -0.1) is 12.4 Å². The molecule has 3 heteroatoms. The fraction of sp³-hybridized carbons (Fsp3) is 1.00. The van der Waals surface area contributed by atoms with Gasteiger partial charge in [0.2, 0.25) is 0 Å². The highest BCUT2D eigenvalue weighted by Crippen LogP contribution is 2.32. The summed E-state index contributed by atoms with van der Waals surface area (Å²) in [4.78, 5) is 2.17. The van der Waals surface area contributed by atoms with Crippen LogP contribution in [0.1, 0.15) is 6.42 Å². The summed E-state index contributed by atoms with van der Waals surface area (Å²) >= 11 is 0. The van der Waals surface area contributed by atoms with Crippen LogP contribution in [0.4, 0.5) is 0 Å². The van der Waals surface area contributed by atoms with E-state index in [-0.39, 0.29) is 12.4 Å². The second kappa shape index (κ2) is 3.40. The predicted molar refractivity (Wildman–Crippen MR) is 39.9 cm³/mol. The van der Waals surface area contributed by atoms with Gasteiger partial charge in [0.25, 0.3) is 0 Å². The van der Waals surface area contributed by atoms with Crippen molar-refractivity contribution in [1.82, 2.24) is 4.90 Å². The van der Waals surface area contributed by atoms with Crippen molar-refractivity contribution < 1.29 is 5.11 Å². The summed E-state index contributed by atoms with van der Waals surface area (Å²) in [6.07, 6.45) is 1.18.